The van der Waals surface area contributed by atoms with Crippen LogP contribution in [0.4, 0.5) is 10.5 Å². The number of imide groups is 1. The molecule has 0 unspecified atom stereocenters. The smallest absolute Gasteiger partial charge is 0.324 e. The fraction of sp³-hybridized carbons (Fsp3) is 0.444. The minimum atomic E-state index is -0.865. The van der Waals surface area contributed by atoms with E-state index >= 15 is 0 Å². The molecule has 2 atom stereocenters. The lowest BCUT2D eigenvalue weighted by Crippen LogP contribution is -2.54. The van der Waals surface area contributed by atoms with Gasteiger partial charge in [-0.25, -0.2) is 4.79 Å². The van der Waals surface area contributed by atoms with Crippen molar-refractivity contribution in [1.29, 1.82) is 5.26 Å². The summed E-state index contributed by atoms with van der Waals surface area (Å²) in [5.41, 5.74) is 0.00991. The molecule has 1 aromatic carbocycles. The molecule has 130 valence electrons. The first-order chi connectivity index (χ1) is 12.0. The van der Waals surface area contributed by atoms with E-state index in [0.29, 0.717) is 17.7 Å². The maximum Gasteiger partial charge on any atom is 0.325 e. The molecule has 1 aliphatic carbocycles. The lowest BCUT2D eigenvalue weighted by molar-refractivity contribution is -0.136. The summed E-state index contributed by atoms with van der Waals surface area (Å²) in [5, 5.41) is 14.3. The Morgan fingerprint density at radius 2 is 2.24 bits per heavy atom. The first-order valence-electron chi connectivity index (χ1n) is 8.40. The Hall–Kier alpha value is -2.88. The topological polar surface area (TPSA) is 102 Å². The van der Waals surface area contributed by atoms with E-state index < -0.39 is 17.5 Å². The quantitative estimate of drug-likeness (QED) is 0.822. The van der Waals surface area contributed by atoms with E-state index in [1.165, 1.54) is 6.07 Å². The Morgan fingerprint density at radius 3 is 2.96 bits per heavy atom. The molecule has 0 aromatic heterocycles. The van der Waals surface area contributed by atoms with Crippen LogP contribution in [0.5, 0.6) is 0 Å². The minimum absolute atomic E-state index is 0.0538. The van der Waals surface area contributed by atoms with Crippen LogP contribution in [0.15, 0.2) is 24.3 Å². The third-order valence-corrected chi connectivity index (χ3v) is 5.08. The summed E-state index contributed by atoms with van der Waals surface area (Å²) >= 11 is 0. The molecule has 0 bridgehead atoms. The fourth-order valence-electron chi connectivity index (χ4n) is 3.65. The number of hydrogen-bond donors (Lipinski definition) is 2. The van der Waals surface area contributed by atoms with Crippen molar-refractivity contribution in [1.82, 2.24) is 10.2 Å². The molecular weight excluding hydrogens is 320 g/mol. The van der Waals surface area contributed by atoms with Crippen molar-refractivity contribution in [3.63, 3.8) is 0 Å². The van der Waals surface area contributed by atoms with Gasteiger partial charge in [0.15, 0.2) is 0 Å². The molecule has 2 aliphatic rings. The Labute approximate surface area is 146 Å². The average molecular weight is 340 g/mol. The molecule has 1 aromatic rings. The number of anilines is 1. The highest BCUT2D eigenvalue weighted by Crippen LogP contribution is 2.38. The summed E-state index contributed by atoms with van der Waals surface area (Å²) < 4.78 is 0. The number of nitrogens with one attached hydrogen (secondary N) is 2. The minimum Gasteiger partial charge on any atom is -0.324 e. The number of hydrogen-bond acceptors (Lipinski definition) is 4. The maximum absolute atomic E-state index is 12.8. The zero-order valence-electron chi connectivity index (χ0n) is 14.0. The van der Waals surface area contributed by atoms with Gasteiger partial charge in [0.25, 0.3) is 5.91 Å². The zero-order chi connectivity index (χ0) is 18.0. The molecule has 1 heterocycles. The van der Waals surface area contributed by atoms with E-state index in [2.05, 4.69) is 10.6 Å². The maximum atomic E-state index is 12.8. The van der Waals surface area contributed by atoms with Crippen LogP contribution in [-0.4, -0.2) is 34.8 Å². The summed E-state index contributed by atoms with van der Waals surface area (Å²) in [4.78, 5) is 38.3. The number of carbonyl (C=O) groups is 3. The SMILES string of the molecule is C[C@H]1CCCC[C@]12NC(=O)N(CC(=O)Nc1cccc(C#N)c1)C2=O. The molecule has 4 amide bonds. The number of urea groups is 1. The van der Waals surface area contributed by atoms with Crippen molar-refractivity contribution < 1.29 is 14.4 Å². The Balaban J connectivity index is 1.70. The predicted octanol–water partition coefficient (Wildman–Crippen LogP) is 2.00. The van der Waals surface area contributed by atoms with E-state index in [-0.39, 0.29) is 18.4 Å². The second kappa shape index (κ2) is 6.55. The van der Waals surface area contributed by atoms with Crippen LogP contribution in [-0.2, 0) is 9.59 Å². The van der Waals surface area contributed by atoms with Gasteiger partial charge in [-0.05, 0) is 37.0 Å². The van der Waals surface area contributed by atoms with Crippen LogP contribution in [0.3, 0.4) is 0 Å². The van der Waals surface area contributed by atoms with E-state index in [4.69, 9.17) is 5.26 Å². The van der Waals surface area contributed by atoms with E-state index in [9.17, 15) is 14.4 Å². The normalized spacial score (nSPS) is 25.6. The molecule has 2 fully saturated rings. The van der Waals surface area contributed by atoms with Gasteiger partial charge >= 0.3 is 6.03 Å². The van der Waals surface area contributed by atoms with Gasteiger partial charge in [-0.15, -0.1) is 0 Å². The summed E-state index contributed by atoms with van der Waals surface area (Å²) in [6, 6.07) is 7.94. The van der Waals surface area contributed by atoms with Gasteiger partial charge in [-0.2, -0.15) is 5.26 Å². The van der Waals surface area contributed by atoms with Gasteiger partial charge < -0.3 is 10.6 Å². The predicted molar refractivity (Wildman–Crippen MR) is 90.4 cm³/mol. The summed E-state index contributed by atoms with van der Waals surface area (Å²) in [6.07, 6.45) is 3.42. The van der Waals surface area contributed by atoms with Gasteiger partial charge in [0.1, 0.15) is 12.1 Å². The van der Waals surface area contributed by atoms with Crippen molar-refractivity contribution in [2.24, 2.45) is 5.92 Å². The van der Waals surface area contributed by atoms with Crippen LogP contribution in [0.2, 0.25) is 0 Å². The van der Waals surface area contributed by atoms with Crippen LogP contribution in [0.1, 0.15) is 38.2 Å². The number of rotatable bonds is 3. The highest BCUT2D eigenvalue weighted by molar-refractivity contribution is 6.10. The summed E-state index contributed by atoms with van der Waals surface area (Å²) in [7, 11) is 0. The van der Waals surface area contributed by atoms with Crippen LogP contribution in [0.25, 0.3) is 0 Å². The molecule has 7 nitrogen and oxygen atoms in total. The number of carbonyl (C=O) groups excluding carboxylic acids is 3. The number of nitrogens with zero attached hydrogens (tertiary/aromatic N) is 2. The van der Waals surface area contributed by atoms with Crippen molar-refractivity contribution in [3.8, 4) is 6.07 Å². The molecule has 1 saturated carbocycles. The second-order valence-electron chi connectivity index (χ2n) is 6.68. The molecule has 0 radical (unpaired) electrons. The Morgan fingerprint density at radius 1 is 1.44 bits per heavy atom. The van der Waals surface area contributed by atoms with E-state index in [1.807, 2.05) is 13.0 Å². The van der Waals surface area contributed by atoms with Gasteiger partial charge in [0, 0.05) is 5.69 Å². The third-order valence-electron chi connectivity index (χ3n) is 5.08. The first-order valence-corrected chi connectivity index (χ1v) is 8.40. The second-order valence-corrected chi connectivity index (χ2v) is 6.68. The van der Waals surface area contributed by atoms with Crippen LogP contribution in [0, 0.1) is 17.2 Å². The number of benzene rings is 1. The van der Waals surface area contributed by atoms with Gasteiger partial charge in [-0.3, -0.25) is 14.5 Å². The molecule has 1 aliphatic heterocycles. The molecule has 25 heavy (non-hydrogen) atoms. The standard InChI is InChI=1S/C18H20N4O3/c1-12-5-2-3-8-18(12)16(24)22(17(25)21-18)11-15(23)20-14-7-4-6-13(9-14)10-19/h4,6-7,9,12H,2-3,5,8,11H2,1H3,(H,20,23)(H,21,25)/t12-,18-/m0/s1. The summed E-state index contributed by atoms with van der Waals surface area (Å²) in [6.45, 7) is 1.63. The Kier molecular flexibility index (Phi) is 4.45. The lowest BCUT2D eigenvalue weighted by atomic mass is 9.73. The van der Waals surface area contributed by atoms with Gasteiger partial charge in [0.05, 0.1) is 11.6 Å². The lowest BCUT2D eigenvalue weighted by Gasteiger charge is -2.36. The van der Waals surface area contributed by atoms with Crippen molar-refractivity contribution in [3.05, 3.63) is 29.8 Å². The molecule has 7 heteroatoms. The monoisotopic (exact) mass is 340 g/mol. The highest BCUT2D eigenvalue weighted by Gasteiger charge is 2.55. The fourth-order valence-corrected chi connectivity index (χ4v) is 3.65. The average Bonchev–Trinajstić information content (AvgIpc) is 2.83. The van der Waals surface area contributed by atoms with E-state index in [0.717, 1.165) is 24.2 Å². The van der Waals surface area contributed by atoms with Crippen LogP contribution >= 0.6 is 0 Å². The largest absolute Gasteiger partial charge is 0.325 e. The molecular formula is C18H20N4O3. The number of nitriles is 1. The first kappa shape index (κ1) is 17.0. The molecule has 2 N–H and O–H groups in total. The van der Waals surface area contributed by atoms with E-state index in [1.54, 1.807) is 18.2 Å². The highest BCUT2D eigenvalue weighted by atomic mass is 16.2. The third kappa shape index (κ3) is 3.07. The molecule has 1 spiro atoms. The van der Waals surface area contributed by atoms with Crippen molar-refractivity contribution >= 4 is 23.5 Å². The zero-order valence-corrected chi connectivity index (χ0v) is 14.0. The Bertz CT molecular complexity index is 770. The van der Waals surface area contributed by atoms with Crippen molar-refractivity contribution in [2.75, 3.05) is 11.9 Å². The summed E-state index contributed by atoms with van der Waals surface area (Å²) in [5.74, 6) is -0.734. The van der Waals surface area contributed by atoms with Gasteiger partial charge in [-0.1, -0.05) is 25.8 Å². The van der Waals surface area contributed by atoms with Crippen LogP contribution < -0.4 is 10.6 Å². The van der Waals surface area contributed by atoms with Crippen molar-refractivity contribution in [2.45, 2.75) is 38.1 Å². The molecule has 3 rings (SSSR count). The number of amides is 4. The molecule has 1 saturated heterocycles. The van der Waals surface area contributed by atoms with Gasteiger partial charge in [0.2, 0.25) is 5.91 Å².